The van der Waals surface area contributed by atoms with Gasteiger partial charge in [-0.2, -0.15) is 5.10 Å². The molecule has 158 valence electrons. The molecule has 2 aliphatic heterocycles. The minimum Gasteiger partial charge on any atom is -0.335 e. The van der Waals surface area contributed by atoms with E-state index < -0.39 is 11.8 Å². The van der Waals surface area contributed by atoms with Gasteiger partial charge in [0.25, 0.3) is 5.91 Å². The first kappa shape index (κ1) is 20.4. The molecule has 4 rings (SSSR count). The molecule has 0 N–H and O–H groups in total. The third-order valence-electron chi connectivity index (χ3n) is 5.72. The van der Waals surface area contributed by atoms with Crippen LogP contribution in [0.2, 0.25) is 5.02 Å². The molecule has 2 aromatic rings. The lowest BCUT2D eigenvalue weighted by atomic mass is 10.2. The number of likely N-dealkylation sites (tertiary alicyclic amines) is 1. The summed E-state index contributed by atoms with van der Waals surface area (Å²) in [6.45, 7) is 4.63. The van der Waals surface area contributed by atoms with Crippen LogP contribution in [0.1, 0.15) is 28.9 Å². The van der Waals surface area contributed by atoms with E-state index in [4.69, 9.17) is 11.6 Å². The average molecular weight is 430 g/mol. The van der Waals surface area contributed by atoms with Crippen molar-refractivity contribution in [1.82, 2.24) is 24.5 Å². The lowest BCUT2D eigenvalue weighted by Crippen LogP contribution is -2.54. The standard InChI is InChI=1S/C21H24ClN5O3/c1-15-18(14-23-27(15)17-6-4-5-16(22)13-17)19(28)25-9-11-26(12-10-25)21(30)20(29)24-7-2-3-8-24/h4-6,13-14H,2-3,7-12H2,1H3. The van der Waals surface area contributed by atoms with E-state index in [2.05, 4.69) is 5.10 Å². The molecule has 2 fully saturated rings. The zero-order valence-corrected chi connectivity index (χ0v) is 17.6. The Labute approximate surface area is 180 Å². The van der Waals surface area contributed by atoms with Crippen LogP contribution >= 0.6 is 11.6 Å². The first-order valence-corrected chi connectivity index (χ1v) is 10.5. The Kier molecular flexibility index (Phi) is 5.76. The minimum atomic E-state index is -0.464. The molecule has 2 saturated heterocycles. The van der Waals surface area contributed by atoms with Gasteiger partial charge in [0.2, 0.25) is 0 Å². The molecule has 30 heavy (non-hydrogen) atoms. The molecule has 0 spiro atoms. The van der Waals surface area contributed by atoms with E-state index in [0.717, 1.165) is 24.2 Å². The summed E-state index contributed by atoms with van der Waals surface area (Å²) < 4.78 is 1.69. The zero-order chi connectivity index (χ0) is 21.3. The van der Waals surface area contributed by atoms with Crippen LogP contribution in [0.15, 0.2) is 30.5 Å². The molecule has 0 aliphatic carbocycles. The molecule has 8 nitrogen and oxygen atoms in total. The van der Waals surface area contributed by atoms with Crippen molar-refractivity contribution < 1.29 is 14.4 Å². The highest BCUT2D eigenvalue weighted by Crippen LogP contribution is 2.20. The van der Waals surface area contributed by atoms with Gasteiger partial charge in [-0.3, -0.25) is 14.4 Å². The predicted molar refractivity (Wildman–Crippen MR) is 112 cm³/mol. The van der Waals surface area contributed by atoms with Crippen LogP contribution in [0, 0.1) is 6.92 Å². The van der Waals surface area contributed by atoms with Gasteiger partial charge in [-0.15, -0.1) is 0 Å². The van der Waals surface area contributed by atoms with Crippen LogP contribution < -0.4 is 0 Å². The molecule has 2 aliphatic rings. The zero-order valence-electron chi connectivity index (χ0n) is 16.9. The maximum absolute atomic E-state index is 13.0. The number of carbonyl (C=O) groups is 3. The van der Waals surface area contributed by atoms with Crippen LogP contribution in [-0.4, -0.2) is 81.5 Å². The topological polar surface area (TPSA) is 78.8 Å². The van der Waals surface area contributed by atoms with Gasteiger partial charge in [0.05, 0.1) is 23.1 Å². The Bertz CT molecular complexity index is 975. The van der Waals surface area contributed by atoms with E-state index >= 15 is 0 Å². The van der Waals surface area contributed by atoms with E-state index in [1.165, 1.54) is 0 Å². The van der Waals surface area contributed by atoms with Gasteiger partial charge in [0, 0.05) is 44.3 Å². The summed E-state index contributed by atoms with van der Waals surface area (Å²) in [5.41, 5.74) is 2.03. The van der Waals surface area contributed by atoms with Crippen molar-refractivity contribution in [3.63, 3.8) is 0 Å². The molecule has 0 saturated carbocycles. The van der Waals surface area contributed by atoms with Crippen LogP contribution in [0.5, 0.6) is 0 Å². The van der Waals surface area contributed by atoms with Crippen LogP contribution in [-0.2, 0) is 9.59 Å². The number of hydrogen-bond acceptors (Lipinski definition) is 4. The number of piperazine rings is 1. The lowest BCUT2D eigenvalue weighted by molar-refractivity contribution is -0.152. The van der Waals surface area contributed by atoms with Crippen molar-refractivity contribution in [2.45, 2.75) is 19.8 Å². The highest BCUT2D eigenvalue weighted by molar-refractivity contribution is 6.35. The summed E-state index contributed by atoms with van der Waals surface area (Å²) in [6, 6.07) is 7.28. The summed E-state index contributed by atoms with van der Waals surface area (Å²) >= 11 is 6.07. The molecule has 9 heteroatoms. The highest BCUT2D eigenvalue weighted by Gasteiger charge is 2.32. The number of amides is 3. The molecule has 0 bridgehead atoms. The molecular formula is C21H24ClN5O3. The molecule has 1 aromatic carbocycles. The summed E-state index contributed by atoms with van der Waals surface area (Å²) in [5, 5.41) is 4.95. The second kappa shape index (κ2) is 8.47. The number of benzene rings is 1. The van der Waals surface area contributed by atoms with Crippen molar-refractivity contribution in [3.05, 3.63) is 46.7 Å². The number of carbonyl (C=O) groups excluding carboxylic acids is 3. The Morgan fingerprint density at radius 1 is 0.900 bits per heavy atom. The lowest BCUT2D eigenvalue weighted by Gasteiger charge is -2.35. The quantitative estimate of drug-likeness (QED) is 0.681. The van der Waals surface area contributed by atoms with Gasteiger partial charge < -0.3 is 14.7 Å². The Morgan fingerprint density at radius 2 is 1.50 bits per heavy atom. The van der Waals surface area contributed by atoms with Gasteiger partial charge in [-0.25, -0.2) is 4.68 Å². The number of halogens is 1. The first-order chi connectivity index (χ1) is 14.5. The van der Waals surface area contributed by atoms with E-state index in [1.54, 1.807) is 37.7 Å². The second-order valence-corrected chi connectivity index (χ2v) is 8.06. The van der Waals surface area contributed by atoms with Crippen molar-refractivity contribution in [1.29, 1.82) is 0 Å². The number of rotatable bonds is 2. The Balaban J connectivity index is 1.40. The van der Waals surface area contributed by atoms with Crippen LogP contribution in [0.3, 0.4) is 0 Å². The monoisotopic (exact) mass is 429 g/mol. The van der Waals surface area contributed by atoms with Crippen molar-refractivity contribution in [2.75, 3.05) is 39.3 Å². The van der Waals surface area contributed by atoms with Crippen molar-refractivity contribution >= 4 is 29.3 Å². The maximum atomic E-state index is 13.0. The van der Waals surface area contributed by atoms with Gasteiger partial charge in [0.1, 0.15) is 0 Å². The largest absolute Gasteiger partial charge is 0.335 e. The van der Waals surface area contributed by atoms with Gasteiger partial charge in [0.15, 0.2) is 0 Å². The SMILES string of the molecule is Cc1c(C(=O)N2CCN(C(=O)C(=O)N3CCCC3)CC2)cnn1-c1cccc(Cl)c1. The maximum Gasteiger partial charge on any atom is 0.312 e. The van der Waals surface area contributed by atoms with Gasteiger partial charge >= 0.3 is 11.8 Å². The summed E-state index contributed by atoms with van der Waals surface area (Å²) in [4.78, 5) is 42.7. The first-order valence-electron chi connectivity index (χ1n) is 10.1. The molecule has 0 radical (unpaired) electrons. The normalized spacial score (nSPS) is 16.8. The number of nitrogens with zero attached hydrogens (tertiary/aromatic N) is 5. The average Bonchev–Trinajstić information content (AvgIpc) is 3.42. The molecule has 3 amide bonds. The van der Waals surface area contributed by atoms with Crippen LogP contribution in [0.25, 0.3) is 5.69 Å². The van der Waals surface area contributed by atoms with E-state index in [1.807, 2.05) is 19.1 Å². The molecule has 0 atom stereocenters. The van der Waals surface area contributed by atoms with E-state index in [-0.39, 0.29) is 5.91 Å². The van der Waals surface area contributed by atoms with Crippen LogP contribution in [0.4, 0.5) is 0 Å². The summed E-state index contributed by atoms with van der Waals surface area (Å²) in [6.07, 6.45) is 3.46. The van der Waals surface area contributed by atoms with Crippen molar-refractivity contribution in [3.8, 4) is 5.69 Å². The van der Waals surface area contributed by atoms with Gasteiger partial charge in [-0.1, -0.05) is 17.7 Å². The van der Waals surface area contributed by atoms with Crippen molar-refractivity contribution in [2.24, 2.45) is 0 Å². The summed E-state index contributed by atoms with van der Waals surface area (Å²) in [7, 11) is 0. The fourth-order valence-corrected chi connectivity index (χ4v) is 4.15. The van der Waals surface area contributed by atoms with E-state index in [9.17, 15) is 14.4 Å². The minimum absolute atomic E-state index is 0.126. The molecule has 0 unspecified atom stereocenters. The Morgan fingerprint density at radius 3 is 2.13 bits per heavy atom. The third-order valence-corrected chi connectivity index (χ3v) is 5.96. The van der Waals surface area contributed by atoms with Gasteiger partial charge in [-0.05, 0) is 38.0 Å². The fourth-order valence-electron chi connectivity index (χ4n) is 3.96. The fraction of sp³-hybridized carbons (Fsp3) is 0.429. The molecule has 3 heterocycles. The smallest absolute Gasteiger partial charge is 0.312 e. The Hall–Kier alpha value is -2.87. The number of aromatic nitrogens is 2. The predicted octanol–water partition coefficient (Wildman–Crippen LogP) is 1.74. The number of hydrogen-bond donors (Lipinski definition) is 0. The molecule has 1 aromatic heterocycles. The summed E-state index contributed by atoms with van der Waals surface area (Å²) in [5.74, 6) is -1.02. The second-order valence-electron chi connectivity index (χ2n) is 7.62. The molecular weight excluding hydrogens is 406 g/mol. The highest BCUT2D eigenvalue weighted by atomic mass is 35.5. The van der Waals surface area contributed by atoms with E-state index in [0.29, 0.717) is 49.9 Å². The third kappa shape index (κ3) is 3.92.